The average Bonchev–Trinajstić information content (AvgIpc) is 2.53. The standard InChI is InChI=1S/C23H28ClNO/c1-22(2)13-17-3-4-18(24)8-19(17)20(25-22)9-21(26)23-10-14-5-15(11-23)7-16(6-14)12-23/h3-4,8,14-16H,5-7,9-13H2,1-2H3. The van der Waals surface area contributed by atoms with Crippen LogP contribution < -0.4 is 0 Å². The van der Waals surface area contributed by atoms with Crippen molar-refractivity contribution in [3.05, 3.63) is 34.3 Å². The number of benzene rings is 1. The maximum absolute atomic E-state index is 13.6. The highest BCUT2D eigenvalue weighted by Crippen LogP contribution is 2.60. The molecular formula is C23H28ClNO. The molecule has 4 saturated carbocycles. The highest BCUT2D eigenvalue weighted by Gasteiger charge is 2.54. The predicted octanol–water partition coefficient (Wildman–Crippen LogP) is 5.64. The first kappa shape index (κ1) is 17.0. The first-order chi connectivity index (χ1) is 12.3. The molecule has 0 radical (unpaired) electrons. The fraction of sp³-hybridized carbons (Fsp3) is 0.652. The normalized spacial score (nSPS) is 36.6. The third-order valence-corrected chi connectivity index (χ3v) is 7.64. The molecule has 0 amide bonds. The SMILES string of the molecule is CC1(C)Cc2ccc(Cl)cc2C(CC(=O)C23CC4CC(CC(C4)C2)C3)=N1. The van der Waals surface area contributed by atoms with E-state index in [1.807, 2.05) is 12.1 Å². The maximum atomic E-state index is 13.6. The van der Waals surface area contributed by atoms with Crippen LogP contribution in [0.15, 0.2) is 23.2 Å². The number of aliphatic imine (C=N–C) groups is 1. The lowest BCUT2D eigenvalue weighted by atomic mass is 9.48. The molecule has 0 atom stereocenters. The molecule has 1 aromatic carbocycles. The zero-order chi connectivity index (χ0) is 18.1. The molecule has 6 rings (SSSR count). The van der Waals surface area contributed by atoms with E-state index in [1.54, 1.807) is 0 Å². The number of ketones is 1. The van der Waals surface area contributed by atoms with E-state index in [0.717, 1.165) is 59.7 Å². The fourth-order valence-electron chi connectivity index (χ4n) is 6.83. The molecule has 4 bridgehead atoms. The number of hydrogen-bond donors (Lipinski definition) is 0. The van der Waals surface area contributed by atoms with Gasteiger partial charge in [0.1, 0.15) is 5.78 Å². The van der Waals surface area contributed by atoms with Crippen molar-refractivity contribution in [1.29, 1.82) is 0 Å². The van der Waals surface area contributed by atoms with E-state index in [1.165, 1.54) is 24.8 Å². The molecule has 3 heteroatoms. The summed E-state index contributed by atoms with van der Waals surface area (Å²) in [7, 11) is 0. The molecule has 5 aliphatic rings. The van der Waals surface area contributed by atoms with Crippen molar-refractivity contribution in [2.75, 3.05) is 0 Å². The van der Waals surface area contributed by atoms with Gasteiger partial charge in [0.25, 0.3) is 0 Å². The number of fused-ring (bicyclic) bond motifs is 1. The van der Waals surface area contributed by atoms with Gasteiger partial charge in [0.05, 0.1) is 11.3 Å². The van der Waals surface area contributed by atoms with Crippen molar-refractivity contribution < 1.29 is 4.79 Å². The Morgan fingerprint density at radius 3 is 2.35 bits per heavy atom. The lowest BCUT2D eigenvalue weighted by Crippen LogP contribution is -2.50. The van der Waals surface area contributed by atoms with Crippen molar-refractivity contribution in [2.45, 2.75) is 70.8 Å². The second-order valence-electron chi connectivity index (χ2n) is 10.1. The second-order valence-corrected chi connectivity index (χ2v) is 10.6. The maximum Gasteiger partial charge on any atom is 0.145 e. The van der Waals surface area contributed by atoms with Crippen molar-refractivity contribution in [1.82, 2.24) is 0 Å². The Labute approximate surface area is 161 Å². The minimum absolute atomic E-state index is 0.0440. The Kier molecular flexibility index (Phi) is 3.71. The van der Waals surface area contributed by atoms with Gasteiger partial charge in [-0.2, -0.15) is 0 Å². The molecule has 0 unspecified atom stereocenters. The van der Waals surface area contributed by atoms with Gasteiger partial charge >= 0.3 is 0 Å². The van der Waals surface area contributed by atoms with Gasteiger partial charge in [0, 0.05) is 22.4 Å². The monoisotopic (exact) mass is 369 g/mol. The van der Waals surface area contributed by atoms with Crippen LogP contribution in [0.2, 0.25) is 5.02 Å². The van der Waals surface area contributed by atoms with E-state index < -0.39 is 0 Å². The van der Waals surface area contributed by atoms with Crippen LogP contribution in [0, 0.1) is 23.2 Å². The Hall–Kier alpha value is -1.15. The van der Waals surface area contributed by atoms with E-state index in [2.05, 4.69) is 19.9 Å². The number of halogens is 1. The van der Waals surface area contributed by atoms with Crippen molar-refractivity contribution in [3.8, 4) is 0 Å². The first-order valence-electron chi connectivity index (χ1n) is 10.2. The molecule has 26 heavy (non-hydrogen) atoms. The van der Waals surface area contributed by atoms with Gasteiger partial charge in [0.2, 0.25) is 0 Å². The Bertz CT molecular complexity index is 771. The van der Waals surface area contributed by atoms with Crippen LogP contribution in [0.4, 0.5) is 0 Å². The summed E-state index contributed by atoms with van der Waals surface area (Å²) in [6.07, 6.45) is 8.93. The molecule has 0 N–H and O–H groups in total. The molecule has 1 aromatic rings. The van der Waals surface area contributed by atoms with Crippen molar-refractivity contribution >= 4 is 23.1 Å². The van der Waals surface area contributed by atoms with Gasteiger partial charge in [0.15, 0.2) is 0 Å². The summed E-state index contributed by atoms with van der Waals surface area (Å²) >= 11 is 6.27. The largest absolute Gasteiger partial charge is 0.299 e. The van der Waals surface area contributed by atoms with Crippen molar-refractivity contribution in [2.24, 2.45) is 28.2 Å². The van der Waals surface area contributed by atoms with Crippen molar-refractivity contribution in [3.63, 3.8) is 0 Å². The van der Waals surface area contributed by atoms with E-state index >= 15 is 0 Å². The van der Waals surface area contributed by atoms with Crippen LogP contribution >= 0.6 is 11.6 Å². The number of hydrogen-bond acceptors (Lipinski definition) is 2. The summed E-state index contributed by atoms with van der Waals surface area (Å²) in [6, 6.07) is 6.08. The number of nitrogens with zero attached hydrogens (tertiary/aromatic N) is 1. The van der Waals surface area contributed by atoms with Gasteiger partial charge in [-0.1, -0.05) is 17.7 Å². The zero-order valence-corrected chi connectivity index (χ0v) is 16.6. The van der Waals surface area contributed by atoms with Gasteiger partial charge in [-0.25, -0.2) is 0 Å². The molecule has 0 saturated heterocycles. The topological polar surface area (TPSA) is 29.4 Å². The van der Waals surface area contributed by atoms with Gasteiger partial charge < -0.3 is 0 Å². The molecule has 1 aliphatic heterocycles. The lowest BCUT2D eigenvalue weighted by Gasteiger charge is -2.56. The summed E-state index contributed by atoms with van der Waals surface area (Å²) < 4.78 is 0. The van der Waals surface area contributed by atoms with E-state index in [0.29, 0.717) is 12.2 Å². The van der Waals surface area contributed by atoms with Gasteiger partial charge in [-0.15, -0.1) is 0 Å². The number of carbonyl (C=O) groups is 1. The smallest absolute Gasteiger partial charge is 0.145 e. The van der Waals surface area contributed by atoms with Crippen LogP contribution in [-0.4, -0.2) is 17.0 Å². The van der Waals surface area contributed by atoms with E-state index in [4.69, 9.17) is 16.6 Å². The average molecular weight is 370 g/mol. The minimum Gasteiger partial charge on any atom is -0.299 e. The lowest BCUT2D eigenvalue weighted by molar-refractivity contribution is -0.142. The number of carbonyl (C=O) groups excluding carboxylic acids is 1. The van der Waals surface area contributed by atoms with Crippen LogP contribution in [0.25, 0.3) is 0 Å². The minimum atomic E-state index is -0.141. The summed E-state index contributed by atoms with van der Waals surface area (Å²) in [5, 5.41) is 0.735. The molecule has 1 heterocycles. The summed E-state index contributed by atoms with van der Waals surface area (Å²) in [5.41, 5.74) is 3.17. The third kappa shape index (κ3) is 2.76. The summed E-state index contributed by atoms with van der Waals surface area (Å²) in [4.78, 5) is 18.6. The Morgan fingerprint density at radius 1 is 1.12 bits per heavy atom. The van der Waals surface area contributed by atoms with E-state index in [-0.39, 0.29) is 11.0 Å². The molecule has 138 valence electrons. The highest BCUT2D eigenvalue weighted by molar-refractivity contribution is 6.31. The summed E-state index contributed by atoms with van der Waals surface area (Å²) in [6.45, 7) is 4.33. The second kappa shape index (κ2) is 5.67. The third-order valence-electron chi connectivity index (χ3n) is 7.40. The highest BCUT2D eigenvalue weighted by atomic mass is 35.5. The molecule has 4 aliphatic carbocycles. The van der Waals surface area contributed by atoms with Crippen LogP contribution in [0.5, 0.6) is 0 Å². The first-order valence-corrected chi connectivity index (χ1v) is 10.6. The Balaban J connectivity index is 1.46. The fourth-order valence-corrected chi connectivity index (χ4v) is 7.00. The van der Waals surface area contributed by atoms with Crippen LogP contribution in [0.1, 0.15) is 69.9 Å². The summed E-state index contributed by atoms with van der Waals surface area (Å²) in [5.74, 6) is 2.86. The Morgan fingerprint density at radius 2 is 1.73 bits per heavy atom. The number of rotatable bonds is 3. The van der Waals surface area contributed by atoms with Crippen LogP contribution in [-0.2, 0) is 11.2 Å². The molecule has 4 fully saturated rings. The zero-order valence-electron chi connectivity index (χ0n) is 15.9. The van der Waals surface area contributed by atoms with Gasteiger partial charge in [-0.05, 0) is 94.2 Å². The van der Waals surface area contributed by atoms with Crippen LogP contribution in [0.3, 0.4) is 0 Å². The van der Waals surface area contributed by atoms with E-state index in [9.17, 15) is 4.79 Å². The quantitative estimate of drug-likeness (QED) is 0.677. The molecule has 0 spiro atoms. The predicted molar refractivity (Wildman–Crippen MR) is 106 cm³/mol. The van der Waals surface area contributed by atoms with Gasteiger partial charge in [-0.3, -0.25) is 9.79 Å². The number of Topliss-reactive ketones (excluding diaryl/α,β-unsaturated/α-hetero) is 1. The molecule has 0 aromatic heterocycles. The molecular weight excluding hydrogens is 342 g/mol. The molecule has 2 nitrogen and oxygen atoms in total.